The summed E-state index contributed by atoms with van der Waals surface area (Å²) < 4.78 is 0. The second-order valence-corrected chi connectivity index (χ2v) is 4.93. The second-order valence-electron chi connectivity index (χ2n) is 4.54. The van der Waals surface area contributed by atoms with E-state index < -0.39 is 0 Å². The van der Waals surface area contributed by atoms with Crippen molar-refractivity contribution in [3.8, 4) is 0 Å². The maximum Gasteiger partial charge on any atom is 0.194 e. The first-order chi connectivity index (χ1) is 7.15. The highest BCUT2D eigenvalue weighted by molar-refractivity contribution is 7.80. The predicted molar refractivity (Wildman–Crippen MR) is 67.1 cm³/mol. The molecule has 0 aromatic carbocycles. The van der Waals surface area contributed by atoms with Gasteiger partial charge in [0.05, 0.1) is 6.34 Å². The molecule has 3 nitrogen and oxygen atoms in total. The van der Waals surface area contributed by atoms with Gasteiger partial charge in [-0.05, 0) is 36.9 Å². The molecule has 0 aromatic heterocycles. The van der Waals surface area contributed by atoms with Crippen molar-refractivity contribution in [3.63, 3.8) is 0 Å². The van der Waals surface area contributed by atoms with Crippen LogP contribution < -0.4 is 5.32 Å². The minimum Gasteiger partial charge on any atom is -0.369 e. The molecule has 15 heavy (non-hydrogen) atoms. The summed E-state index contributed by atoms with van der Waals surface area (Å²) in [6.45, 7) is 0. The molecule has 0 radical (unpaired) electrons. The first-order valence-electron chi connectivity index (χ1n) is 5.34. The second kappa shape index (κ2) is 4.31. The Kier molecular flexibility index (Phi) is 3.05. The molecule has 1 N–H and O–H groups in total. The van der Waals surface area contributed by atoms with Gasteiger partial charge < -0.3 is 10.2 Å². The quantitative estimate of drug-likeness (QED) is 0.332. The van der Waals surface area contributed by atoms with E-state index in [4.69, 9.17) is 12.2 Å². The van der Waals surface area contributed by atoms with E-state index in [1.165, 1.54) is 12.8 Å². The van der Waals surface area contributed by atoms with Gasteiger partial charge in [-0.15, -0.1) is 0 Å². The number of fused-ring (bicyclic) bond motifs is 2. The molecule has 0 spiro atoms. The first-order valence-corrected chi connectivity index (χ1v) is 5.75. The Balaban J connectivity index is 1.83. The third-order valence-electron chi connectivity index (χ3n) is 2.99. The van der Waals surface area contributed by atoms with Crippen LogP contribution in [0.5, 0.6) is 0 Å². The van der Waals surface area contributed by atoms with Crippen LogP contribution in [0.4, 0.5) is 0 Å². The van der Waals surface area contributed by atoms with Crippen molar-refractivity contribution in [2.24, 2.45) is 16.8 Å². The molecule has 2 bridgehead atoms. The van der Waals surface area contributed by atoms with Crippen molar-refractivity contribution in [1.29, 1.82) is 0 Å². The molecule has 0 aliphatic heterocycles. The summed E-state index contributed by atoms with van der Waals surface area (Å²) in [4.78, 5) is 6.05. The number of hydrogen-bond acceptors (Lipinski definition) is 1. The molecular weight excluding hydrogens is 206 g/mol. The minimum absolute atomic E-state index is 0.506. The number of rotatable bonds is 2. The third kappa shape index (κ3) is 2.56. The summed E-state index contributed by atoms with van der Waals surface area (Å²) in [7, 11) is 3.87. The van der Waals surface area contributed by atoms with Crippen molar-refractivity contribution < 1.29 is 0 Å². The molecule has 3 atom stereocenters. The lowest BCUT2D eigenvalue weighted by atomic mass is 10.0. The van der Waals surface area contributed by atoms with E-state index in [0.29, 0.717) is 17.1 Å². The van der Waals surface area contributed by atoms with Crippen LogP contribution >= 0.6 is 12.2 Å². The molecule has 2 rings (SSSR count). The zero-order valence-corrected chi connectivity index (χ0v) is 10.00. The summed E-state index contributed by atoms with van der Waals surface area (Å²) in [5.41, 5.74) is 0. The molecule has 2 aliphatic rings. The molecule has 4 heteroatoms. The van der Waals surface area contributed by atoms with Gasteiger partial charge in [0.1, 0.15) is 0 Å². The molecule has 1 saturated carbocycles. The molecule has 0 aromatic rings. The van der Waals surface area contributed by atoms with Crippen LogP contribution in [-0.4, -0.2) is 36.5 Å². The monoisotopic (exact) mass is 223 g/mol. The average Bonchev–Trinajstić information content (AvgIpc) is 2.76. The maximum atomic E-state index is 5.16. The van der Waals surface area contributed by atoms with E-state index in [0.717, 1.165) is 5.92 Å². The summed E-state index contributed by atoms with van der Waals surface area (Å²) in [6.07, 6.45) is 8.87. The van der Waals surface area contributed by atoms with Gasteiger partial charge in [-0.25, -0.2) is 4.99 Å². The molecule has 0 amide bonds. The largest absolute Gasteiger partial charge is 0.369 e. The van der Waals surface area contributed by atoms with E-state index in [-0.39, 0.29) is 0 Å². The lowest BCUT2D eigenvalue weighted by Gasteiger charge is -2.19. The number of aliphatic imine (C=N–C) groups is 1. The van der Waals surface area contributed by atoms with Crippen LogP contribution in [0.1, 0.15) is 12.8 Å². The summed E-state index contributed by atoms with van der Waals surface area (Å²) in [5.74, 6) is 1.44. The molecule has 1 fully saturated rings. The standard InChI is InChI=1S/C11H17N3S/c1-14(2)7-12-11(15)13-10-6-8-3-4-9(10)5-8/h3-4,7-10H,5-6H2,1-2H3,(H,13,15)/t8-,9-,10+/m1/s1. The Labute approximate surface area is 96.3 Å². The van der Waals surface area contributed by atoms with Gasteiger partial charge in [-0.3, -0.25) is 0 Å². The highest BCUT2D eigenvalue weighted by atomic mass is 32.1. The van der Waals surface area contributed by atoms with Gasteiger partial charge in [0.2, 0.25) is 0 Å². The fraction of sp³-hybridized carbons (Fsp3) is 0.636. The Morgan fingerprint density at radius 1 is 1.47 bits per heavy atom. The molecule has 82 valence electrons. The zero-order valence-electron chi connectivity index (χ0n) is 9.18. The Morgan fingerprint density at radius 2 is 2.27 bits per heavy atom. The minimum atomic E-state index is 0.506. The third-order valence-corrected chi connectivity index (χ3v) is 3.22. The lowest BCUT2D eigenvalue weighted by molar-refractivity contribution is 0.525. The van der Waals surface area contributed by atoms with E-state index in [1.807, 2.05) is 19.0 Å². The molecule has 0 unspecified atom stereocenters. The van der Waals surface area contributed by atoms with Crippen LogP contribution in [0.25, 0.3) is 0 Å². The van der Waals surface area contributed by atoms with E-state index in [2.05, 4.69) is 22.5 Å². The number of thiocarbonyl (C=S) groups is 1. The van der Waals surface area contributed by atoms with Crippen molar-refractivity contribution in [3.05, 3.63) is 12.2 Å². The topological polar surface area (TPSA) is 27.6 Å². The van der Waals surface area contributed by atoms with Crippen molar-refractivity contribution in [2.75, 3.05) is 14.1 Å². The van der Waals surface area contributed by atoms with Gasteiger partial charge in [-0.1, -0.05) is 12.2 Å². The summed E-state index contributed by atoms with van der Waals surface area (Å²) in [6, 6.07) is 0.506. The fourth-order valence-electron chi connectivity index (χ4n) is 2.31. The van der Waals surface area contributed by atoms with E-state index >= 15 is 0 Å². The van der Waals surface area contributed by atoms with Crippen molar-refractivity contribution in [1.82, 2.24) is 10.2 Å². The Bertz CT molecular complexity index is 309. The van der Waals surface area contributed by atoms with Crippen molar-refractivity contribution >= 4 is 23.7 Å². The van der Waals surface area contributed by atoms with Crippen LogP contribution in [-0.2, 0) is 0 Å². The summed E-state index contributed by atoms with van der Waals surface area (Å²) in [5, 5.41) is 3.93. The molecule has 2 aliphatic carbocycles. The summed E-state index contributed by atoms with van der Waals surface area (Å²) >= 11 is 5.16. The van der Waals surface area contributed by atoms with Gasteiger partial charge in [0.15, 0.2) is 5.11 Å². The number of hydrogen-bond donors (Lipinski definition) is 1. The van der Waals surface area contributed by atoms with E-state index in [1.54, 1.807) is 6.34 Å². The Hall–Kier alpha value is -0.900. The smallest absolute Gasteiger partial charge is 0.194 e. The highest BCUT2D eigenvalue weighted by Crippen LogP contribution is 2.38. The number of allylic oxidation sites excluding steroid dienone is 1. The lowest BCUT2D eigenvalue weighted by Crippen LogP contribution is -2.36. The predicted octanol–water partition coefficient (Wildman–Crippen LogP) is 1.42. The van der Waals surface area contributed by atoms with Gasteiger partial charge in [0, 0.05) is 20.1 Å². The zero-order chi connectivity index (χ0) is 10.8. The van der Waals surface area contributed by atoms with Crippen LogP contribution in [0, 0.1) is 11.8 Å². The average molecular weight is 223 g/mol. The van der Waals surface area contributed by atoms with E-state index in [9.17, 15) is 0 Å². The number of nitrogens with zero attached hydrogens (tertiary/aromatic N) is 2. The van der Waals surface area contributed by atoms with Gasteiger partial charge >= 0.3 is 0 Å². The normalized spacial score (nSPS) is 32.5. The molecular formula is C11H17N3S. The van der Waals surface area contributed by atoms with Crippen LogP contribution in [0.3, 0.4) is 0 Å². The van der Waals surface area contributed by atoms with Crippen LogP contribution in [0.2, 0.25) is 0 Å². The molecule has 0 heterocycles. The van der Waals surface area contributed by atoms with Crippen molar-refractivity contribution in [2.45, 2.75) is 18.9 Å². The van der Waals surface area contributed by atoms with Crippen LogP contribution in [0.15, 0.2) is 17.1 Å². The van der Waals surface area contributed by atoms with Gasteiger partial charge in [0.25, 0.3) is 0 Å². The molecule has 0 saturated heterocycles. The Morgan fingerprint density at radius 3 is 2.80 bits per heavy atom. The number of nitrogens with one attached hydrogen (secondary N) is 1. The fourth-order valence-corrected chi connectivity index (χ4v) is 2.51. The maximum absolute atomic E-state index is 5.16. The first kappa shape index (κ1) is 10.6. The van der Waals surface area contributed by atoms with Gasteiger partial charge in [-0.2, -0.15) is 0 Å². The highest BCUT2D eigenvalue weighted by Gasteiger charge is 2.35. The SMILES string of the molecule is CN(C)C=NC(=S)N[C@H]1C[C@@H]2C=C[C@@H]1C2.